The highest BCUT2D eigenvalue weighted by Gasteiger charge is 2.51. The van der Waals surface area contributed by atoms with Gasteiger partial charge in [-0.1, -0.05) is 66.7 Å². The Morgan fingerprint density at radius 3 is 2.17 bits per heavy atom. The summed E-state index contributed by atoms with van der Waals surface area (Å²) in [7, 11) is -5.92. The third-order valence-corrected chi connectivity index (χ3v) is 17.6. The van der Waals surface area contributed by atoms with Gasteiger partial charge in [0.2, 0.25) is 35.4 Å². The Bertz CT molecular complexity index is 3360. The number of aromatic nitrogens is 1. The van der Waals surface area contributed by atoms with E-state index in [2.05, 4.69) is 36.1 Å². The fourth-order valence-corrected chi connectivity index (χ4v) is 12.7. The van der Waals surface area contributed by atoms with Crippen LogP contribution in [0.3, 0.4) is 0 Å². The lowest BCUT2D eigenvalue weighted by Crippen LogP contribution is -2.61. The minimum atomic E-state index is -5.92. The highest BCUT2D eigenvalue weighted by Crippen LogP contribution is 2.59. The second kappa shape index (κ2) is 24.2. The van der Waals surface area contributed by atoms with Crippen LogP contribution < -0.4 is 27.0 Å². The fourth-order valence-electron chi connectivity index (χ4n) is 12.2. The number of nitrogens with one attached hydrogen (secondary N) is 5. The number of alkyl halides is 2. The van der Waals surface area contributed by atoms with E-state index in [0.29, 0.717) is 63.0 Å². The molecule has 5 aromatic rings. The van der Waals surface area contributed by atoms with E-state index in [0.717, 1.165) is 29.3 Å². The molecule has 438 valence electrons. The average Bonchev–Trinajstić information content (AvgIpc) is 4.41. The molecule has 1 unspecified atom stereocenters. The summed E-state index contributed by atoms with van der Waals surface area (Å²) < 4.78 is 57.0. The lowest BCUT2D eigenvalue weighted by molar-refractivity contribution is -0.144. The monoisotopic (exact) mass is 1160 g/mol. The lowest BCUT2D eigenvalue weighted by Gasteiger charge is -2.40. The molecule has 10 rings (SSSR count). The van der Waals surface area contributed by atoms with Crippen molar-refractivity contribution in [3.05, 3.63) is 142 Å². The molecule has 6 heterocycles. The van der Waals surface area contributed by atoms with Crippen molar-refractivity contribution in [2.45, 2.75) is 113 Å². The van der Waals surface area contributed by atoms with Gasteiger partial charge in [-0.3, -0.25) is 53.1 Å². The molecule has 4 fully saturated rings. The first kappa shape index (κ1) is 58.4. The van der Waals surface area contributed by atoms with Gasteiger partial charge in [0.1, 0.15) is 35.7 Å². The number of likely N-dealkylation sites (tertiary alicyclic amines) is 1. The third kappa shape index (κ3) is 12.8. The number of carbonyl (C=O) groups excluding carboxylic acids is 8. The predicted octanol–water partition coefficient (Wildman–Crippen LogP) is 4.03. The van der Waals surface area contributed by atoms with Crippen LogP contribution in [0.15, 0.2) is 97.1 Å². The number of amides is 8. The number of rotatable bonds is 18. The molecule has 4 aromatic carbocycles. The van der Waals surface area contributed by atoms with Crippen molar-refractivity contribution in [1.29, 1.82) is 0 Å². The Morgan fingerprint density at radius 1 is 0.819 bits per heavy atom. The van der Waals surface area contributed by atoms with Gasteiger partial charge < -0.3 is 51.2 Å². The zero-order valence-corrected chi connectivity index (χ0v) is 46.0. The maximum Gasteiger partial charge on any atom is 0.399 e. The molecule has 0 saturated carbocycles. The van der Waals surface area contributed by atoms with Crippen LogP contribution in [0.4, 0.5) is 13.2 Å². The van der Waals surface area contributed by atoms with Gasteiger partial charge in [0.15, 0.2) is 0 Å². The molecule has 0 spiro atoms. The van der Waals surface area contributed by atoms with Crippen LogP contribution in [0.5, 0.6) is 0 Å². The Balaban J connectivity index is 0.847. The Kier molecular flexibility index (Phi) is 17.0. The first-order chi connectivity index (χ1) is 39.6. The molecule has 21 nitrogen and oxygen atoms in total. The number of primary amides is 1. The zero-order valence-electron chi connectivity index (χ0n) is 45.1. The van der Waals surface area contributed by atoms with Gasteiger partial charge in [-0.15, -0.1) is 0 Å². The van der Waals surface area contributed by atoms with Gasteiger partial charge in [-0.05, 0) is 111 Å². The van der Waals surface area contributed by atoms with Crippen molar-refractivity contribution in [2.75, 3.05) is 32.7 Å². The highest BCUT2D eigenvalue weighted by atomic mass is 31.2. The SMILES string of the molecule is NC(=O)CC[C@H](NC(=O)[C@@H]1CC[C@@H]2CCN(CC3CCN(Cc4cc5c(cc4F)C(=O)N(C4CCC(=O)NC4=O)C5)CC3)C[C@H](NC(=O)c3cc4cc(C(F)(F)P(=O)(O)O)ccc4[nH]3)C(=O)N21)C(=O)NC(c1ccccc1)c1ccccc1. The molecule has 0 radical (unpaired) electrons. The number of fused-ring (bicyclic) bond motifs is 3. The Hall–Kier alpha value is -7.76. The van der Waals surface area contributed by atoms with Crippen LogP contribution in [-0.2, 0) is 52.1 Å². The molecule has 25 heteroatoms. The quantitative estimate of drug-likeness (QED) is 0.0455. The molecule has 5 aliphatic heterocycles. The predicted molar refractivity (Wildman–Crippen MR) is 294 cm³/mol. The maximum atomic E-state index is 15.7. The summed E-state index contributed by atoms with van der Waals surface area (Å²) in [5, 5.41) is 11.0. The smallest absolute Gasteiger partial charge is 0.370 e. The summed E-state index contributed by atoms with van der Waals surface area (Å²) in [5.74, 6) is -5.24. The van der Waals surface area contributed by atoms with Crippen molar-refractivity contribution >= 4 is 65.8 Å². The summed E-state index contributed by atoms with van der Waals surface area (Å²) in [6.07, 6.45) is 2.29. The molecule has 5 aliphatic rings. The van der Waals surface area contributed by atoms with E-state index in [1.54, 1.807) is 6.07 Å². The van der Waals surface area contributed by atoms with Crippen LogP contribution >= 0.6 is 7.60 Å². The summed E-state index contributed by atoms with van der Waals surface area (Å²) in [6.45, 7) is 2.47. The van der Waals surface area contributed by atoms with Crippen LogP contribution in [0.1, 0.15) is 112 Å². The van der Waals surface area contributed by atoms with Gasteiger partial charge >= 0.3 is 13.3 Å². The standard InChI is InChI=1S/C58H64F3N10O11P/c59-42-28-41-37(31-70(56(41)78)47-16-18-50(73)66-54(47)76)25-38(42)30-68-22-19-33(20-23-68)29-69-24-21-40-12-15-48(55(77)64-44(14-17-49(62)72)52(74)67-51(34-7-3-1-4-8-34)35-9-5-2-6-10-35)71(40)57(79)46(32-69)65-53(75)45-27-36-26-39(11-13-43(36)63-45)58(60,61)83(80,81)82/h1-11,13,25-28,33,40,44,46-48,51,63H,12,14-24,29-32H2,(H2,62,72)(H,64,77)(H,65,75)(H,67,74)(H,66,73,76)(H2,80,81,82)/t40-,44+,46+,47?,48+/m1/s1. The molecule has 1 aromatic heterocycles. The zero-order chi connectivity index (χ0) is 58.9. The Morgan fingerprint density at radius 2 is 1.51 bits per heavy atom. The number of hydrogen-bond acceptors (Lipinski definition) is 11. The first-order valence-corrected chi connectivity index (χ1v) is 29.3. The van der Waals surface area contributed by atoms with E-state index in [4.69, 9.17) is 5.73 Å². The molecular formula is C58H64F3N10O11P. The number of nitrogens with two attached hydrogens (primary N) is 1. The highest BCUT2D eigenvalue weighted by molar-refractivity contribution is 7.52. The number of imide groups is 1. The fraction of sp³-hybridized carbons (Fsp3) is 0.414. The molecule has 4 saturated heterocycles. The summed E-state index contributed by atoms with van der Waals surface area (Å²) in [6, 6.07) is 19.7. The summed E-state index contributed by atoms with van der Waals surface area (Å²) in [4.78, 5) is 137. The van der Waals surface area contributed by atoms with Crippen molar-refractivity contribution in [3.63, 3.8) is 0 Å². The maximum absolute atomic E-state index is 15.7. The van der Waals surface area contributed by atoms with Crippen LogP contribution in [0.25, 0.3) is 10.9 Å². The van der Waals surface area contributed by atoms with E-state index in [9.17, 15) is 56.7 Å². The van der Waals surface area contributed by atoms with Gasteiger partial charge in [0.25, 0.3) is 11.8 Å². The van der Waals surface area contributed by atoms with E-state index in [-0.39, 0.29) is 79.8 Å². The van der Waals surface area contributed by atoms with E-state index >= 15 is 9.18 Å². The number of H-pyrrole nitrogens is 1. The van der Waals surface area contributed by atoms with E-state index in [1.807, 2.05) is 60.7 Å². The summed E-state index contributed by atoms with van der Waals surface area (Å²) in [5.41, 5.74) is 2.79. The van der Waals surface area contributed by atoms with Crippen LogP contribution in [0, 0.1) is 11.7 Å². The molecule has 8 amide bonds. The van der Waals surface area contributed by atoms with E-state index < -0.39 is 108 Å². The lowest BCUT2D eigenvalue weighted by atomic mass is 9.94. The molecule has 9 N–H and O–H groups in total. The number of carbonyl (C=O) groups is 8. The Labute approximate surface area is 475 Å². The largest absolute Gasteiger partial charge is 0.399 e. The second-order valence-corrected chi connectivity index (χ2v) is 23.8. The van der Waals surface area contributed by atoms with Gasteiger partial charge in [-0.25, -0.2) is 4.39 Å². The molecule has 0 aliphatic carbocycles. The van der Waals surface area contributed by atoms with Crippen LogP contribution in [-0.4, -0.2) is 145 Å². The number of halogens is 3. The molecular weight excluding hydrogens is 1100 g/mol. The van der Waals surface area contributed by atoms with Crippen molar-refractivity contribution < 1.29 is 65.9 Å². The second-order valence-electron chi connectivity index (χ2n) is 22.2. The van der Waals surface area contributed by atoms with Gasteiger partial charge in [0, 0.05) is 79.2 Å². The number of hydrogen-bond donors (Lipinski definition) is 8. The summed E-state index contributed by atoms with van der Waals surface area (Å²) >= 11 is 0. The molecule has 83 heavy (non-hydrogen) atoms. The number of piperidine rings is 2. The molecule has 5 atom stereocenters. The normalized spacial score (nSPS) is 21.5. The van der Waals surface area contributed by atoms with Gasteiger partial charge in [-0.2, -0.15) is 8.78 Å². The minimum Gasteiger partial charge on any atom is -0.370 e. The van der Waals surface area contributed by atoms with Crippen molar-refractivity contribution in [1.82, 2.24) is 45.9 Å². The number of benzene rings is 4. The van der Waals surface area contributed by atoms with Crippen molar-refractivity contribution in [2.24, 2.45) is 11.7 Å². The van der Waals surface area contributed by atoms with E-state index in [1.165, 1.54) is 21.9 Å². The average molecular weight is 1170 g/mol. The first-order valence-electron chi connectivity index (χ1n) is 27.7. The number of aromatic amines is 1. The minimum absolute atomic E-state index is 0.0138. The topological polar surface area (TPSA) is 297 Å². The van der Waals surface area contributed by atoms with Crippen molar-refractivity contribution in [3.8, 4) is 0 Å². The molecule has 0 bridgehead atoms. The van der Waals surface area contributed by atoms with Gasteiger partial charge in [0.05, 0.1) is 6.04 Å². The number of nitrogens with zero attached hydrogens (tertiary/aromatic N) is 4. The third-order valence-electron chi connectivity index (χ3n) is 16.6. The van der Waals surface area contributed by atoms with Crippen LogP contribution in [0.2, 0.25) is 0 Å².